The lowest BCUT2D eigenvalue weighted by atomic mass is 9.88. The lowest BCUT2D eigenvalue weighted by Crippen LogP contribution is -2.41. The molecular formula is C22H36N4O2. The normalized spacial score (nSPS) is 24.8. The maximum atomic E-state index is 13.2. The van der Waals surface area contributed by atoms with Crippen LogP contribution in [0, 0.1) is 5.92 Å². The molecule has 0 aromatic carbocycles. The number of rotatable bonds is 5. The Hall–Kier alpha value is -1.40. The molecule has 1 amide bonds. The number of hydrogen-bond acceptors (Lipinski definition) is 4. The van der Waals surface area contributed by atoms with Gasteiger partial charge in [0.15, 0.2) is 0 Å². The van der Waals surface area contributed by atoms with E-state index in [0.717, 1.165) is 65.1 Å². The maximum absolute atomic E-state index is 13.2. The number of nitrogens with zero attached hydrogens (tertiary/aromatic N) is 4. The van der Waals surface area contributed by atoms with Crippen LogP contribution in [0.2, 0.25) is 0 Å². The SMILES string of the molecule is COCCN1CCCN(C(=O)[C@@H]2CCn3c(cnc3C3CCCCC3)C2)CC1. The van der Waals surface area contributed by atoms with Crippen LogP contribution in [0.1, 0.15) is 62.4 Å². The zero-order valence-electron chi connectivity index (χ0n) is 17.4. The molecule has 1 atom stereocenters. The van der Waals surface area contributed by atoms with E-state index in [1.54, 1.807) is 7.11 Å². The standard InChI is InChI=1S/C22H36N4O2/c1-28-15-14-24-9-5-10-25(13-12-24)22(27)19-8-11-26-20(16-19)17-23-21(26)18-6-3-2-4-7-18/h17-19H,2-16H2,1H3/t19-/m1/s1. The van der Waals surface area contributed by atoms with Gasteiger partial charge in [0.25, 0.3) is 0 Å². The van der Waals surface area contributed by atoms with Crippen molar-refractivity contribution in [2.24, 2.45) is 5.92 Å². The van der Waals surface area contributed by atoms with E-state index in [4.69, 9.17) is 9.72 Å². The van der Waals surface area contributed by atoms with Gasteiger partial charge in [-0.1, -0.05) is 19.3 Å². The number of amides is 1. The number of aromatic nitrogens is 2. The fourth-order valence-corrected chi connectivity index (χ4v) is 5.28. The quantitative estimate of drug-likeness (QED) is 0.778. The molecule has 0 bridgehead atoms. The zero-order chi connectivity index (χ0) is 19.3. The van der Waals surface area contributed by atoms with Gasteiger partial charge in [0, 0.05) is 70.0 Å². The summed E-state index contributed by atoms with van der Waals surface area (Å²) in [5.41, 5.74) is 1.28. The third kappa shape index (κ3) is 4.43. The molecule has 0 unspecified atom stereocenters. The van der Waals surface area contributed by atoms with Crippen LogP contribution in [-0.4, -0.2) is 71.7 Å². The van der Waals surface area contributed by atoms with Gasteiger partial charge in [-0.25, -0.2) is 4.98 Å². The molecule has 0 N–H and O–H groups in total. The Bertz CT molecular complexity index is 653. The summed E-state index contributed by atoms with van der Waals surface area (Å²) < 4.78 is 7.64. The van der Waals surface area contributed by atoms with Crippen molar-refractivity contribution < 1.29 is 9.53 Å². The first-order chi connectivity index (χ1) is 13.8. The molecule has 0 radical (unpaired) electrons. The average Bonchev–Trinajstić information content (AvgIpc) is 3.02. The minimum atomic E-state index is 0.133. The summed E-state index contributed by atoms with van der Waals surface area (Å²) in [5, 5.41) is 0. The topological polar surface area (TPSA) is 50.6 Å². The van der Waals surface area contributed by atoms with E-state index >= 15 is 0 Å². The summed E-state index contributed by atoms with van der Waals surface area (Å²) in [7, 11) is 1.75. The molecule has 3 aliphatic rings. The lowest BCUT2D eigenvalue weighted by molar-refractivity contribution is -0.136. The van der Waals surface area contributed by atoms with Crippen molar-refractivity contribution in [2.45, 2.75) is 63.8 Å². The minimum Gasteiger partial charge on any atom is -0.383 e. The third-order valence-electron chi connectivity index (χ3n) is 6.96. The number of fused-ring (bicyclic) bond motifs is 1. The van der Waals surface area contributed by atoms with Gasteiger partial charge in [-0.15, -0.1) is 0 Å². The number of methoxy groups -OCH3 is 1. The Kier molecular flexibility index (Phi) is 6.68. The van der Waals surface area contributed by atoms with Crippen molar-refractivity contribution in [1.82, 2.24) is 19.4 Å². The first kappa shape index (κ1) is 19.9. The molecule has 6 nitrogen and oxygen atoms in total. The third-order valence-corrected chi connectivity index (χ3v) is 6.96. The Balaban J connectivity index is 1.35. The van der Waals surface area contributed by atoms with Crippen LogP contribution >= 0.6 is 0 Å². The summed E-state index contributed by atoms with van der Waals surface area (Å²) in [5.74, 6) is 2.43. The van der Waals surface area contributed by atoms with Gasteiger partial charge in [-0.3, -0.25) is 9.69 Å². The largest absolute Gasteiger partial charge is 0.383 e. The highest BCUT2D eigenvalue weighted by atomic mass is 16.5. The molecule has 1 aliphatic carbocycles. The van der Waals surface area contributed by atoms with Crippen LogP contribution in [-0.2, 0) is 22.5 Å². The van der Waals surface area contributed by atoms with E-state index < -0.39 is 0 Å². The molecule has 1 saturated heterocycles. The van der Waals surface area contributed by atoms with E-state index in [-0.39, 0.29) is 5.92 Å². The average molecular weight is 389 g/mol. The molecule has 2 aliphatic heterocycles. The van der Waals surface area contributed by atoms with Crippen molar-refractivity contribution >= 4 is 5.91 Å². The number of carbonyl (C=O) groups is 1. The predicted molar refractivity (Wildman–Crippen MR) is 109 cm³/mol. The number of carbonyl (C=O) groups excluding carboxylic acids is 1. The van der Waals surface area contributed by atoms with Crippen molar-refractivity contribution in [3.63, 3.8) is 0 Å². The highest BCUT2D eigenvalue weighted by Gasteiger charge is 2.32. The Labute approximate surface area is 169 Å². The molecule has 6 heteroatoms. The molecular weight excluding hydrogens is 352 g/mol. The van der Waals surface area contributed by atoms with Crippen molar-refractivity contribution in [1.29, 1.82) is 0 Å². The van der Waals surface area contributed by atoms with Gasteiger partial charge in [0.2, 0.25) is 5.91 Å². The van der Waals surface area contributed by atoms with Crippen molar-refractivity contribution in [3.05, 3.63) is 17.7 Å². The van der Waals surface area contributed by atoms with E-state index in [9.17, 15) is 4.79 Å². The molecule has 4 rings (SSSR count). The van der Waals surface area contributed by atoms with Crippen LogP contribution in [0.3, 0.4) is 0 Å². The van der Waals surface area contributed by atoms with Gasteiger partial charge < -0.3 is 14.2 Å². The molecule has 0 spiro atoms. The second-order valence-electron chi connectivity index (χ2n) is 8.80. The predicted octanol–water partition coefficient (Wildman–Crippen LogP) is 2.67. The van der Waals surface area contributed by atoms with Crippen LogP contribution in [0.4, 0.5) is 0 Å². The highest BCUT2D eigenvalue weighted by molar-refractivity contribution is 5.79. The second kappa shape index (κ2) is 9.40. The van der Waals surface area contributed by atoms with Gasteiger partial charge in [0.1, 0.15) is 5.82 Å². The Morgan fingerprint density at radius 2 is 1.93 bits per heavy atom. The fraction of sp³-hybridized carbons (Fsp3) is 0.818. The smallest absolute Gasteiger partial charge is 0.226 e. The summed E-state index contributed by atoms with van der Waals surface area (Å²) in [4.78, 5) is 22.5. The number of hydrogen-bond donors (Lipinski definition) is 0. The fourth-order valence-electron chi connectivity index (χ4n) is 5.28. The van der Waals surface area contributed by atoms with Crippen LogP contribution in [0.5, 0.6) is 0 Å². The summed E-state index contributed by atoms with van der Waals surface area (Å²) in [6.45, 7) is 6.47. The molecule has 1 aromatic rings. The van der Waals surface area contributed by atoms with E-state index in [2.05, 4.69) is 20.6 Å². The summed E-state index contributed by atoms with van der Waals surface area (Å²) in [6.07, 6.45) is 11.6. The lowest BCUT2D eigenvalue weighted by Gasteiger charge is -2.31. The van der Waals surface area contributed by atoms with Crippen LogP contribution in [0.25, 0.3) is 0 Å². The highest BCUT2D eigenvalue weighted by Crippen LogP contribution is 2.34. The first-order valence-electron chi connectivity index (χ1n) is 11.3. The van der Waals surface area contributed by atoms with Crippen molar-refractivity contribution in [2.75, 3.05) is 46.4 Å². The molecule has 1 saturated carbocycles. The Morgan fingerprint density at radius 1 is 1.07 bits per heavy atom. The van der Waals surface area contributed by atoms with Gasteiger partial charge in [-0.2, -0.15) is 0 Å². The number of imidazole rings is 1. The second-order valence-corrected chi connectivity index (χ2v) is 8.80. The number of ether oxygens (including phenoxy) is 1. The minimum absolute atomic E-state index is 0.133. The Morgan fingerprint density at radius 3 is 2.75 bits per heavy atom. The molecule has 28 heavy (non-hydrogen) atoms. The zero-order valence-corrected chi connectivity index (χ0v) is 17.4. The first-order valence-corrected chi connectivity index (χ1v) is 11.3. The monoisotopic (exact) mass is 388 g/mol. The van der Waals surface area contributed by atoms with Crippen LogP contribution < -0.4 is 0 Å². The van der Waals surface area contributed by atoms with E-state index in [1.807, 2.05) is 0 Å². The van der Waals surface area contributed by atoms with Crippen LogP contribution in [0.15, 0.2) is 6.20 Å². The molecule has 1 aromatic heterocycles. The van der Waals surface area contributed by atoms with Crippen molar-refractivity contribution in [3.8, 4) is 0 Å². The molecule has 2 fully saturated rings. The molecule has 156 valence electrons. The van der Waals surface area contributed by atoms with Gasteiger partial charge in [0.05, 0.1) is 6.61 Å². The van der Waals surface area contributed by atoms with E-state index in [0.29, 0.717) is 11.8 Å². The maximum Gasteiger partial charge on any atom is 0.226 e. The van der Waals surface area contributed by atoms with Gasteiger partial charge >= 0.3 is 0 Å². The summed E-state index contributed by atoms with van der Waals surface area (Å²) in [6, 6.07) is 0. The van der Waals surface area contributed by atoms with Gasteiger partial charge in [-0.05, 0) is 32.2 Å². The summed E-state index contributed by atoms with van der Waals surface area (Å²) >= 11 is 0. The van der Waals surface area contributed by atoms with E-state index in [1.165, 1.54) is 43.6 Å². The molecule has 3 heterocycles.